The molecule has 0 spiro atoms. The number of piperidine rings is 1. The molecule has 8 nitrogen and oxygen atoms in total. The number of amides is 1. The van der Waals surface area contributed by atoms with E-state index in [2.05, 4.69) is 0 Å². The molecule has 0 unspecified atom stereocenters. The van der Waals surface area contributed by atoms with E-state index < -0.39 is 27.9 Å². The van der Waals surface area contributed by atoms with Crippen molar-refractivity contribution in [1.82, 2.24) is 9.21 Å². The zero-order valence-corrected chi connectivity index (χ0v) is 14.1. The molecule has 0 aliphatic carbocycles. The van der Waals surface area contributed by atoms with Crippen LogP contribution in [0.1, 0.15) is 35.6 Å². The summed E-state index contributed by atoms with van der Waals surface area (Å²) < 4.78 is 30.7. The van der Waals surface area contributed by atoms with Gasteiger partial charge in [-0.15, -0.1) is 0 Å². The summed E-state index contributed by atoms with van der Waals surface area (Å²) in [5, 5.41) is 9.24. The first-order valence-electron chi connectivity index (χ1n) is 7.23. The van der Waals surface area contributed by atoms with Gasteiger partial charge in [0.05, 0.1) is 0 Å². The van der Waals surface area contributed by atoms with E-state index in [0.717, 1.165) is 10.7 Å². The lowest BCUT2D eigenvalue weighted by Gasteiger charge is -2.32. The van der Waals surface area contributed by atoms with Crippen molar-refractivity contribution >= 4 is 21.9 Å². The number of sulfonamides is 1. The Balaban J connectivity index is 2.36. The van der Waals surface area contributed by atoms with E-state index in [9.17, 15) is 23.1 Å². The third kappa shape index (κ3) is 3.25. The van der Waals surface area contributed by atoms with Crippen LogP contribution in [0.15, 0.2) is 15.4 Å². The van der Waals surface area contributed by atoms with Gasteiger partial charge in [-0.1, -0.05) is 0 Å². The Morgan fingerprint density at radius 1 is 1.35 bits per heavy atom. The smallest absolute Gasteiger partial charge is 0.326 e. The summed E-state index contributed by atoms with van der Waals surface area (Å²) in [6.45, 7) is 1.77. The third-order valence-corrected chi connectivity index (χ3v) is 5.81. The summed E-state index contributed by atoms with van der Waals surface area (Å²) in [5.74, 6) is -1.72. The van der Waals surface area contributed by atoms with Gasteiger partial charge in [0, 0.05) is 26.7 Å². The van der Waals surface area contributed by atoms with Gasteiger partial charge >= 0.3 is 5.97 Å². The third-order valence-electron chi connectivity index (χ3n) is 3.89. The average Bonchev–Trinajstić information content (AvgIpc) is 2.88. The fourth-order valence-corrected chi connectivity index (χ4v) is 3.65. The normalized spacial score (nSPS) is 19.1. The van der Waals surface area contributed by atoms with Crippen LogP contribution in [0.25, 0.3) is 0 Å². The van der Waals surface area contributed by atoms with Gasteiger partial charge in [-0.25, -0.2) is 17.5 Å². The van der Waals surface area contributed by atoms with E-state index in [1.807, 2.05) is 0 Å². The lowest BCUT2D eigenvalue weighted by Crippen LogP contribution is -2.47. The maximum atomic E-state index is 12.5. The number of carbonyl (C=O) groups excluding carboxylic acids is 1. The van der Waals surface area contributed by atoms with Gasteiger partial charge in [-0.05, 0) is 26.2 Å². The van der Waals surface area contributed by atoms with Crippen LogP contribution in [0.2, 0.25) is 0 Å². The number of carboxylic acid groups (broad SMARTS) is 1. The summed E-state index contributed by atoms with van der Waals surface area (Å²) in [7, 11) is -0.962. The molecule has 0 saturated carbocycles. The monoisotopic (exact) mass is 344 g/mol. The molecule has 1 N–H and O–H groups in total. The van der Waals surface area contributed by atoms with Crippen molar-refractivity contribution in [2.45, 2.75) is 37.1 Å². The van der Waals surface area contributed by atoms with E-state index in [1.165, 1.54) is 32.0 Å². The molecule has 1 amide bonds. The zero-order chi connectivity index (χ0) is 17.4. The highest BCUT2D eigenvalue weighted by atomic mass is 32.2. The molecule has 1 aromatic heterocycles. The van der Waals surface area contributed by atoms with Crippen LogP contribution >= 0.6 is 0 Å². The van der Waals surface area contributed by atoms with Crippen molar-refractivity contribution in [2.75, 3.05) is 20.6 Å². The van der Waals surface area contributed by atoms with Crippen LogP contribution < -0.4 is 0 Å². The van der Waals surface area contributed by atoms with E-state index in [0.29, 0.717) is 19.4 Å². The maximum absolute atomic E-state index is 12.5. The second-order valence-corrected chi connectivity index (χ2v) is 7.79. The Bertz CT molecular complexity index is 722. The van der Waals surface area contributed by atoms with Gasteiger partial charge in [0.15, 0.2) is 5.76 Å². The molecule has 0 aromatic carbocycles. The number of rotatable bonds is 4. The molecule has 1 aromatic rings. The SMILES string of the molecule is Cc1oc(C(=O)N2CCCC[C@@H]2C(=O)O)cc1S(=O)(=O)N(C)C. The first-order chi connectivity index (χ1) is 10.7. The summed E-state index contributed by atoms with van der Waals surface area (Å²) >= 11 is 0. The molecular formula is C14H20N2O6S. The van der Waals surface area contributed by atoms with Gasteiger partial charge < -0.3 is 14.4 Å². The number of carbonyl (C=O) groups is 2. The molecule has 1 aliphatic rings. The average molecular weight is 344 g/mol. The standard InChI is InChI=1S/C14H20N2O6S/c1-9-12(23(20,21)15(2)3)8-11(22-9)13(17)16-7-5-4-6-10(16)14(18)19/h8,10H,4-7H2,1-3H3,(H,18,19)/t10-/m1/s1. The predicted molar refractivity (Wildman–Crippen MR) is 80.6 cm³/mol. The van der Waals surface area contributed by atoms with E-state index in [4.69, 9.17) is 4.42 Å². The molecule has 0 radical (unpaired) electrons. The molecule has 23 heavy (non-hydrogen) atoms. The molecule has 1 fully saturated rings. The van der Waals surface area contributed by atoms with Crippen molar-refractivity contribution in [3.63, 3.8) is 0 Å². The number of nitrogens with zero attached hydrogens (tertiary/aromatic N) is 2. The molecule has 0 bridgehead atoms. The second-order valence-electron chi connectivity index (χ2n) is 5.67. The molecule has 1 saturated heterocycles. The topological polar surface area (TPSA) is 108 Å². The first kappa shape index (κ1) is 17.5. The summed E-state index contributed by atoms with van der Waals surface area (Å²) in [4.78, 5) is 25.0. The maximum Gasteiger partial charge on any atom is 0.326 e. The van der Waals surface area contributed by atoms with Crippen LogP contribution in [0.3, 0.4) is 0 Å². The van der Waals surface area contributed by atoms with Crippen molar-refractivity contribution < 1.29 is 27.5 Å². The van der Waals surface area contributed by atoms with E-state index >= 15 is 0 Å². The van der Waals surface area contributed by atoms with Crippen LogP contribution in [0.5, 0.6) is 0 Å². The predicted octanol–water partition coefficient (Wildman–Crippen LogP) is 0.918. The summed E-state index contributed by atoms with van der Waals surface area (Å²) in [6, 6.07) is 0.260. The van der Waals surface area contributed by atoms with Crippen molar-refractivity contribution in [1.29, 1.82) is 0 Å². The lowest BCUT2D eigenvalue weighted by atomic mass is 10.0. The van der Waals surface area contributed by atoms with Gasteiger partial charge in [0.2, 0.25) is 10.0 Å². The van der Waals surface area contributed by atoms with E-state index in [-0.39, 0.29) is 16.4 Å². The lowest BCUT2D eigenvalue weighted by molar-refractivity contribution is -0.143. The van der Waals surface area contributed by atoms with Crippen LogP contribution in [0.4, 0.5) is 0 Å². The van der Waals surface area contributed by atoms with Gasteiger partial charge in [0.25, 0.3) is 5.91 Å². The summed E-state index contributed by atoms with van der Waals surface area (Å²) in [6.07, 6.45) is 1.82. The van der Waals surface area contributed by atoms with Crippen LogP contribution in [0, 0.1) is 6.92 Å². The largest absolute Gasteiger partial charge is 0.480 e. The minimum atomic E-state index is -3.73. The second kappa shape index (κ2) is 6.32. The van der Waals surface area contributed by atoms with Crippen molar-refractivity contribution in [3.8, 4) is 0 Å². The number of hydrogen-bond donors (Lipinski definition) is 1. The van der Waals surface area contributed by atoms with Crippen molar-refractivity contribution in [2.24, 2.45) is 0 Å². The molecule has 1 atom stereocenters. The van der Waals surface area contributed by atoms with Gasteiger partial charge in [-0.3, -0.25) is 4.79 Å². The Labute approximate surface area is 134 Å². The number of aliphatic carboxylic acids is 1. The minimum Gasteiger partial charge on any atom is -0.480 e. The Kier molecular flexibility index (Phi) is 4.81. The molecule has 128 valence electrons. The van der Waals surface area contributed by atoms with E-state index in [1.54, 1.807) is 0 Å². The Hall–Kier alpha value is -1.87. The number of carboxylic acids is 1. The molecule has 9 heteroatoms. The highest BCUT2D eigenvalue weighted by molar-refractivity contribution is 7.89. The minimum absolute atomic E-state index is 0.0882. The highest BCUT2D eigenvalue weighted by Gasteiger charge is 2.35. The summed E-state index contributed by atoms with van der Waals surface area (Å²) in [5.41, 5.74) is 0. The molecule has 1 aliphatic heterocycles. The fraction of sp³-hybridized carbons (Fsp3) is 0.571. The number of hydrogen-bond acceptors (Lipinski definition) is 5. The quantitative estimate of drug-likeness (QED) is 0.870. The van der Waals surface area contributed by atoms with Crippen LogP contribution in [-0.2, 0) is 14.8 Å². The Morgan fingerprint density at radius 2 is 2.00 bits per heavy atom. The highest BCUT2D eigenvalue weighted by Crippen LogP contribution is 2.26. The molecular weight excluding hydrogens is 324 g/mol. The van der Waals surface area contributed by atoms with Crippen molar-refractivity contribution in [3.05, 3.63) is 17.6 Å². The molecule has 2 heterocycles. The fourth-order valence-electron chi connectivity index (χ4n) is 2.60. The number of aryl methyl sites for hydroxylation is 1. The number of likely N-dealkylation sites (tertiary alicyclic amines) is 1. The van der Waals surface area contributed by atoms with Gasteiger partial charge in [0.1, 0.15) is 16.7 Å². The van der Waals surface area contributed by atoms with Gasteiger partial charge in [-0.2, -0.15) is 0 Å². The number of furan rings is 1. The molecule has 2 rings (SSSR count). The zero-order valence-electron chi connectivity index (χ0n) is 13.3. The van der Waals surface area contributed by atoms with Crippen LogP contribution in [-0.4, -0.2) is 61.3 Å². The Morgan fingerprint density at radius 3 is 2.57 bits per heavy atom. The first-order valence-corrected chi connectivity index (χ1v) is 8.67.